The van der Waals surface area contributed by atoms with Gasteiger partial charge in [0.25, 0.3) is 0 Å². The predicted octanol–water partition coefficient (Wildman–Crippen LogP) is 5.47. The van der Waals surface area contributed by atoms with E-state index in [-0.39, 0.29) is 5.78 Å². The van der Waals surface area contributed by atoms with Crippen molar-refractivity contribution in [2.45, 2.75) is 58.7 Å². The number of hydrogen-bond donors (Lipinski definition) is 0. The zero-order valence-electron chi connectivity index (χ0n) is 20.8. The van der Waals surface area contributed by atoms with Crippen LogP contribution in [0.1, 0.15) is 54.9 Å². The van der Waals surface area contributed by atoms with E-state index in [9.17, 15) is 4.79 Å². The lowest BCUT2D eigenvalue weighted by atomic mass is 10.1. The molecule has 5 heterocycles. The van der Waals surface area contributed by atoms with Crippen molar-refractivity contribution in [2.24, 2.45) is 0 Å². The van der Waals surface area contributed by atoms with Gasteiger partial charge >= 0.3 is 0 Å². The summed E-state index contributed by atoms with van der Waals surface area (Å²) < 4.78 is 12.3. The maximum Gasteiger partial charge on any atom is 0.160 e. The first-order valence-electron chi connectivity index (χ1n) is 12.7. The van der Waals surface area contributed by atoms with E-state index in [1.54, 1.807) is 14.0 Å². The number of benzene rings is 1. The third-order valence-corrected chi connectivity index (χ3v) is 7.11. The van der Waals surface area contributed by atoms with E-state index in [2.05, 4.69) is 32.6 Å². The maximum absolute atomic E-state index is 12.3. The summed E-state index contributed by atoms with van der Waals surface area (Å²) in [6, 6.07) is 9.94. The summed E-state index contributed by atoms with van der Waals surface area (Å²) in [5.74, 6) is 1.47. The molecule has 0 spiro atoms. The number of hydrogen-bond acceptors (Lipinski definition) is 5. The fourth-order valence-electron chi connectivity index (χ4n) is 5.30. The molecule has 1 aliphatic heterocycles. The summed E-state index contributed by atoms with van der Waals surface area (Å²) in [6.07, 6.45) is 11.7. The summed E-state index contributed by atoms with van der Waals surface area (Å²) in [5, 5.41) is 5.71. The van der Waals surface area contributed by atoms with Crippen LogP contribution in [0.15, 0.2) is 48.9 Å². The number of carbonyl (C=O) groups excluding carboxylic acids is 1. The van der Waals surface area contributed by atoms with E-state index in [0.717, 1.165) is 65.1 Å². The fraction of sp³-hybridized carbons (Fsp3) is 0.357. The molecule has 0 atom stereocenters. The Morgan fingerprint density at radius 1 is 1.03 bits per heavy atom. The standard InChI is InChI=1S/C28H30N6O2/c1-19(35)22-13-23-26(25(15-22)36-2)34-18-20-16-30-32(17-20)11-6-4-3-5-7-12-33-24(28(34)31-23)14-21-9-8-10-29-27(21)33/h8-10,13-17H,3-7,11-12,18H2,1-2H3. The first-order chi connectivity index (χ1) is 17.6. The third kappa shape index (κ3) is 3.96. The topological polar surface area (TPSA) is 79.8 Å². The minimum Gasteiger partial charge on any atom is -0.494 e. The van der Waals surface area contributed by atoms with E-state index < -0.39 is 0 Å². The Morgan fingerprint density at radius 3 is 2.69 bits per heavy atom. The van der Waals surface area contributed by atoms with Crippen LogP contribution in [-0.2, 0) is 19.6 Å². The quantitative estimate of drug-likeness (QED) is 0.312. The zero-order valence-corrected chi connectivity index (χ0v) is 20.8. The van der Waals surface area contributed by atoms with Gasteiger partial charge in [-0.3, -0.25) is 9.48 Å². The van der Waals surface area contributed by atoms with Crippen LogP contribution in [0.4, 0.5) is 0 Å². The third-order valence-electron chi connectivity index (χ3n) is 7.11. The average molecular weight is 483 g/mol. The van der Waals surface area contributed by atoms with Crippen molar-refractivity contribution < 1.29 is 9.53 Å². The number of fused-ring (bicyclic) bond motifs is 9. The van der Waals surface area contributed by atoms with Crippen LogP contribution in [0.5, 0.6) is 5.75 Å². The average Bonchev–Trinajstić information content (AvgIpc) is 3.58. The molecule has 36 heavy (non-hydrogen) atoms. The molecule has 0 N–H and O–H groups in total. The van der Waals surface area contributed by atoms with Crippen LogP contribution < -0.4 is 4.74 Å². The number of aromatic nitrogens is 6. The highest BCUT2D eigenvalue weighted by Crippen LogP contribution is 2.35. The Labute approximate surface area is 209 Å². The molecule has 0 radical (unpaired) electrons. The molecule has 1 aromatic carbocycles. The first-order valence-corrected chi connectivity index (χ1v) is 12.7. The number of Topliss-reactive ketones (excluding diaryl/α,β-unsaturated/α-hetero) is 1. The highest BCUT2D eigenvalue weighted by molar-refractivity contribution is 6.00. The zero-order chi connectivity index (χ0) is 24.6. The number of pyridine rings is 1. The second-order valence-electron chi connectivity index (χ2n) is 9.60. The highest BCUT2D eigenvalue weighted by atomic mass is 16.5. The summed E-state index contributed by atoms with van der Waals surface area (Å²) in [7, 11) is 1.64. The van der Waals surface area contributed by atoms with Crippen LogP contribution in [0.2, 0.25) is 0 Å². The van der Waals surface area contributed by atoms with Gasteiger partial charge in [0, 0.05) is 42.0 Å². The Bertz CT molecular complexity index is 1570. The van der Waals surface area contributed by atoms with Gasteiger partial charge in [0.1, 0.15) is 16.9 Å². The second kappa shape index (κ2) is 9.26. The number of ketones is 1. The normalized spacial score (nSPS) is 14.7. The van der Waals surface area contributed by atoms with Gasteiger partial charge in [-0.1, -0.05) is 19.3 Å². The van der Waals surface area contributed by atoms with E-state index in [1.165, 1.54) is 19.3 Å². The lowest BCUT2D eigenvalue weighted by molar-refractivity contribution is 0.101. The van der Waals surface area contributed by atoms with Crippen molar-refractivity contribution in [3.05, 3.63) is 60.0 Å². The van der Waals surface area contributed by atoms with E-state index in [0.29, 0.717) is 17.9 Å². The molecule has 2 bridgehead atoms. The van der Waals surface area contributed by atoms with Crippen molar-refractivity contribution >= 4 is 27.9 Å². The summed E-state index contributed by atoms with van der Waals surface area (Å²) in [4.78, 5) is 22.1. The van der Waals surface area contributed by atoms with Gasteiger partial charge in [0.05, 0.1) is 31.1 Å². The van der Waals surface area contributed by atoms with Crippen LogP contribution >= 0.6 is 0 Å². The van der Waals surface area contributed by atoms with Crippen molar-refractivity contribution in [3.8, 4) is 17.3 Å². The molecule has 0 saturated carbocycles. The molecular formula is C28H30N6O2. The minimum absolute atomic E-state index is 0.0136. The summed E-state index contributed by atoms with van der Waals surface area (Å²) in [6.45, 7) is 3.97. The number of imidazole rings is 1. The van der Waals surface area contributed by atoms with Gasteiger partial charge in [-0.25, -0.2) is 9.97 Å². The number of ether oxygens (including phenoxy) is 1. The fourth-order valence-corrected chi connectivity index (χ4v) is 5.30. The molecule has 0 fully saturated rings. The SMILES string of the molecule is COc1cc(C(C)=O)cc2nc3n(c12)Cc1cnn(c1)CCCCCCCn1c-3cc2cccnc21. The molecule has 1 aliphatic rings. The van der Waals surface area contributed by atoms with Crippen molar-refractivity contribution in [1.82, 2.24) is 28.9 Å². The van der Waals surface area contributed by atoms with Gasteiger partial charge in [-0.2, -0.15) is 5.10 Å². The summed E-state index contributed by atoms with van der Waals surface area (Å²) >= 11 is 0. The molecule has 0 saturated heterocycles. The molecular weight excluding hydrogens is 452 g/mol. The number of nitrogens with zero attached hydrogens (tertiary/aromatic N) is 6. The molecule has 6 rings (SSSR count). The van der Waals surface area contributed by atoms with Crippen LogP contribution in [-0.4, -0.2) is 41.8 Å². The molecule has 184 valence electrons. The van der Waals surface area contributed by atoms with Gasteiger partial charge in [-0.15, -0.1) is 0 Å². The smallest absolute Gasteiger partial charge is 0.160 e. The van der Waals surface area contributed by atoms with Crippen molar-refractivity contribution in [3.63, 3.8) is 0 Å². The lowest BCUT2D eigenvalue weighted by Gasteiger charge is -2.13. The van der Waals surface area contributed by atoms with Crippen LogP contribution in [0.25, 0.3) is 33.6 Å². The highest BCUT2D eigenvalue weighted by Gasteiger charge is 2.23. The number of aryl methyl sites for hydroxylation is 2. The van der Waals surface area contributed by atoms with E-state index in [4.69, 9.17) is 14.7 Å². The van der Waals surface area contributed by atoms with Crippen molar-refractivity contribution in [2.75, 3.05) is 7.11 Å². The predicted molar refractivity (Wildman–Crippen MR) is 139 cm³/mol. The number of methoxy groups -OCH3 is 1. The van der Waals surface area contributed by atoms with Gasteiger partial charge in [0.2, 0.25) is 0 Å². The molecule has 0 amide bonds. The summed E-state index contributed by atoms with van der Waals surface area (Å²) in [5.41, 5.74) is 5.30. The van der Waals surface area contributed by atoms with Gasteiger partial charge < -0.3 is 13.9 Å². The Morgan fingerprint density at radius 2 is 1.86 bits per heavy atom. The lowest BCUT2D eigenvalue weighted by Crippen LogP contribution is -2.07. The number of carbonyl (C=O) groups is 1. The van der Waals surface area contributed by atoms with E-state index >= 15 is 0 Å². The van der Waals surface area contributed by atoms with Crippen molar-refractivity contribution in [1.29, 1.82) is 0 Å². The monoisotopic (exact) mass is 482 g/mol. The molecule has 0 aliphatic carbocycles. The Balaban J connectivity index is 1.63. The molecule has 0 unspecified atom stereocenters. The number of rotatable bonds is 2. The van der Waals surface area contributed by atoms with Gasteiger partial charge in [0.15, 0.2) is 11.6 Å². The molecule has 8 heteroatoms. The van der Waals surface area contributed by atoms with E-state index in [1.807, 2.05) is 35.3 Å². The molecule has 4 aromatic heterocycles. The van der Waals surface area contributed by atoms with Crippen LogP contribution in [0, 0.1) is 0 Å². The first kappa shape index (κ1) is 22.5. The Hall–Kier alpha value is -3.94. The second-order valence-corrected chi connectivity index (χ2v) is 9.60. The Kier molecular flexibility index (Phi) is 5.79. The van der Waals surface area contributed by atoms with Crippen LogP contribution in [0.3, 0.4) is 0 Å². The largest absolute Gasteiger partial charge is 0.494 e. The maximum atomic E-state index is 12.3. The molecule has 5 aromatic rings. The van der Waals surface area contributed by atoms with Gasteiger partial charge in [-0.05, 0) is 50.1 Å². The molecule has 8 nitrogen and oxygen atoms in total. The minimum atomic E-state index is -0.0136.